The molecule has 2 heterocycles. The van der Waals surface area contributed by atoms with Gasteiger partial charge in [-0.05, 0) is 25.8 Å². The highest BCUT2D eigenvalue weighted by Crippen LogP contribution is 2.34. The van der Waals surface area contributed by atoms with Crippen LogP contribution >= 0.6 is 0 Å². The molecule has 2 aliphatic heterocycles. The normalized spacial score (nSPS) is 33.6. The molecular weight excluding hydrogens is 384 g/mol. The summed E-state index contributed by atoms with van der Waals surface area (Å²) in [6, 6.07) is 7.43. The van der Waals surface area contributed by atoms with E-state index in [1.165, 1.54) is 5.56 Å². The van der Waals surface area contributed by atoms with Crippen LogP contribution in [-0.4, -0.2) is 76.5 Å². The first-order chi connectivity index (χ1) is 14.5. The summed E-state index contributed by atoms with van der Waals surface area (Å²) in [5.74, 6) is -0.186. The quantitative estimate of drug-likeness (QED) is 0.534. The number of nitrogens with zero attached hydrogens (tertiary/aromatic N) is 4. The molecule has 160 valence electrons. The molecular formula is C21H28N6O3. The van der Waals surface area contributed by atoms with Crippen molar-refractivity contribution >= 4 is 24.4 Å². The molecule has 9 heteroatoms. The van der Waals surface area contributed by atoms with Gasteiger partial charge in [0, 0.05) is 6.54 Å². The van der Waals surface area contributed by atoms with Gasteiger partial charge in [-0.15, -0.1) is 0 Å². The van der Waals surface area contributed by atoms with Crippen molar-refractivity contribution in [2.24, 2.45) is 20.9 Å². The average Bonchev–Trinajstić information content (AvgIpc) is 3.28. The molecule has 4 N–H and O–H groups in total. The van der Waals surface area contributed by atoms with Crippen molar-refractivity contribution in [2.45, 2.75) is 57.3 Å². The van der Waals surface area contributed by atoms with Crippen LogP contribution in [0.5, 0.6) is 0 Å². The Labute approximate surface area is 175 Å². The molecule has 0 bridgehead atoms. The lowest BCUT2D eigenvalue weighted by molar-refractivity contribution is -0.128. The van der Waals surface area contributed by atoms with Crippen LogP contribution in [0.15, 0.2) is 39.2 Å². The van der Waals surface area contributed by atoms with Gasteiger partial charge in [0.2, 0.25) is 5.91 Å². The summed E-state index contributed by atoms with van der Waals surface area (Å²) in [4.78, 5) is 27.8. The van der Waals surface area contributed by atoms with Crippen LogP contribution in [-0.2, 0) is 11.3 Å². The van der Waals surface area contributed by atoms with Crippen LogP contribution < -0.4 is 10.6 Å². The number of aliphatic imine (C=N–C) groups is 3. The minimum absolute atomic E-state index is 0.242. The second-order valence-corrected chi connectivity index (χ2v) is 7.97. The van der Waals surface area contributed by atoms with E-state index >= 15 is 0 Å². The molecule has 2 unspecified atom stereocenters. The fourth-order valence-electron chi connectivity index (χ4n) is 4.37. The Morgan fingerprint density at radius 1 is 1.33 bits per heavy atom. The van der Waals surface area contributed by atoms with E-state index in [0.29, 0.717) is 25.3 Å². The highest BCUT2D eigenvalue weighted by Gasteiger charge is 2.50. The summed E-state index contributed by atoms with van der Waals surface area (Å²) in [5.41, 5.74) is 2.30. The Hall–Kier alpha value is -2.78. The van der Waals surface area contributed by atoms with Crippen molar-refractivity contribution in [1.82, 2.24) is 15.5 Å². The van der Waals surface area contributed by atoms with Crippen molar-refractivity contribution in [3.8, 4) is 0 Å². The van der Waals surface area contributed by atoms with Gasteiger partial charge < -0.3 is 25.7 Å². The number of rotatable bonds is 5. The number of carbonyl (C=O) groups excluding carboxylic acids is 1. The van der Waals surface area contributed by atoms with Crippen molar-refractivity contribution in [1.29, 1.82) is 0 Å². The highest BCUT2D eigenvalue weighted by molar-refractivity contribution is 5.99. The van der Waals surface area contributed by atoms with Crippen LogP contribution in [0.3, 0.4) is 0 Å². The van der Waals surface area contributed by atoms with E-state index in [1.807, 2.05) is 36.9 Å². The Bertz CT molecular complexity index is 885. The monoisotopic (exact) mass is 412 g/mol. The smallest absolute Gasteiger partial charge is 0.225 e. The zero-order chi connectivity index (χ0) is 21.3. The minimum atomic E-state index is -1.12. The van der Waals surface area contributed by atoms with Crippen molar-refractivity contribution in [2.75, 3.05) is 6.54 Å². The molecule has 1 fully saturated rings. The van der Waals surface area contributed by atoms with Gasteiger partial charge in [0.1, 0.15) is 18.0 Å². The molecule has 0 saturated heterocycles. The van der Waals surface area contributed by atoms with Gasteiger partial charge >= 0.3 is 0 Å². The zero-order valence-electron chi connectivity index (χ0n) is 17.1. The Kier molecular flexibility index (Phi) is 5.83. The molecule has 30 heavy (non-hydrogen) atoms. The Morgan fingerprint density at radius 2 is 2.17 bits per heavy atom. The Balaban J connectivity index is 1.48. The molecule has 9 nitrogen and oxygen atoms in total. The summed E-state index contributed by atoms with van der Waals surface area (Å²) in [6.07, 6.45) is 1.05. The molecule has 1 aromatic rings. The average molecular weight is 412 g/mol. The number of carbonyl (C=O) groups is 1. The second-order valence-electron chi connectivity index (χ2n) is 7.97. The third kappa shape index (κ3) is 3.82. The fourth-order valence-corrected chi connectivity index (χ4v) is 4.37. The van der Waals surface area contributed by atoms with Gasteiger partial charge in [-0.3, -0.25) is 14.8 Å². The number of fused-ring (bicyclic) bond motifs is 1. The highest BCUT2D eigenvalue weighted by atomic mass is 16.3. The van der Waals surface area contributed by atoms with E-state index < -0.39 is 24.2 Å². The van der Waals surface area contributed by atoms with Crippen LogP contribution in [0.1, 0.15) is 24.5 Å². The van der Waals surface area contributed by atoms with E-state index in [-0.39, 0.29) is 18.1 Å². The topological polar surface area (TPSA) is 122 Å². The zero-order valence-corrected chi connectivity index (χ0v) is 17.1. The molecule has 0 radical (unpaired) electrons. The van der Waals surface area contributed by atoms with E-state index in [0.717, 1.165) is 5.56 Å². The first-order valence-electron chi connectivity index (χ1n) is 10.3. The molecule has 4 rings (SSSR count). The van der Waals surface area contributed by atoms with E-state index in [9.17, 15) is 15.0 Å². The van der Waals surface area contributed by atoms with Gasteiger partial charge in [0.05, 0.1) is 37.3 Å². The molecule has 1 aromatic carbocycles. The first kappa shape index (κ1) is 20.5. The number of nitrogens with one attached hydrogen (secondary N) is 2. The van der Waals surface area contributed by atoms with Crippen LogP contribution in [0.4, 0.5) is 0 Å². The Morgan fingerprint density at radius 3 is 2.93 bits per heavy atom. The third-order valence-electron chi connectivity index (χ3n) is 5.91. The number of aliphatic hydroxyl groups is 2. The number of amides is 1. The van der Waals surface area contributed by atoms with Gasteiger partial charge in [0.15, 0.2) is 6.17 Å². The van der Waals surface area contributed by atoms with Crippen LogP contribution in [0.25, 0.3) is 0 Å². The van der Waals surface area contributed by atoms with Gasteiger partial charge in [-0.2, -0.15) is 0 Å². The van der Waals surface area contributed by atoms with E-state index in [1.54, 1.807) is 12.7 Å². The summed E-state index contributed by atoms with van der Waals surface area (Å²) in [5, 5.41) is 26.8. The lowest BCUT2D eigenvalue weighted by Crippen LogP contribution is -2.53. The number of hydrogen-bond donors (Lipinski definition) is 4. The first-order valence-corrected chi connectivity index (χ1v) is 10.3. The molecule has 1 saturated carbocycles. The predicted octanol–water partition coefficient (Wildman–Crippen LogP) is -0.190. The van der Waals surface area contributed by atoms with Crippen molar-refractivity contribution < 1.29 is 15.0 Å². The minimum Gasteiger partial charge on any atom is -0.390 e. The number of hydrogen-bond acceptors (Lipinski definition) is 7. The lowest BCUT2D eigenvalue weighted by Gasteiger charge is -2.33. The maximum atomic E-state index is 12.2. The van der Waals surface area contributed by atoms with Gasteiger partial charge in [0.25, 0.3) is 0 Å². The maximum Gasteiger partial charge on any atom is 0.225 e. The summed E-state index contributed by atoms with van der Waals surface area (Å²) in [6.45, 7) is 4.88. The fraction of sp³-hybridized carbons (Fsp3) is 0.524. The van der Waals surface area contributed by atoms with Gasteiger partial charge in [-0.25, -0.2) is 4.99 Å². The number of benzene rings is 1. The molecule has 1 amide bonds. The van der Waals surface area contributed by atoms with Crippen molar-refractivity contribution in [3.05, 3.63) is 35.4 Å². The number of amidine groups is 1. The largest absolute Gasteiger partial charge is 0.390 e. The molecule has 6 atom stereocenters. The predicted molar refractivity (Wildman–Crippen MR) is 114 cm³/mol. The van der Waals surface area contributed by atoms with Crippen LogP contribution in [0, 0.1) is 12.8 Å². The van der Waals surface area contributed by atoms with Crippen molar-refractivity contribution in [3.63, 3.8) is 0 Å². The molecule has 1 aliphatic carbocycles. The van der Waals surface area contributed by atoms with E-state index in [2.05, 4.69) is 26.7 Å². The molecule has 0 spiro atoms. The summed E-state index contributed by atoms with van der Waals surface area (Å²) >= 11 is 0. The summed E-state index contributed by atoms with van der Waals surface area (Å²) in [7, 11) is 0. The second kappa shape index (κ2) is 8.53. The third-order valence-corrected chi connectivity index (χ3v) is 5.91. The molecule has 3 aliphatic rings. The standard InChI is InChI=1S/C21H28N6O3/c1-3-22-21(30)14-8-15(18(29)17(14)28)27-11-26-16-19(24-10-25-20(16)27)23-9-13-6-4-5-12(2)7-13/h4-7,10-11,14-18,20,28-29H,3,8-9H2,1-2H3,(H,22,30)(H,23,24,25)/t14-,15+,16?,17+,18-,20?/m0/s1. The number of aryl methyl sites for hydroxylation is 1. The maximum absolute atomic E-state index is 12.2. The number of aliphatic hydroxyl groups excluding tert-OH is 2. The summed E-state index contributed by atoms with van der Waals surface area (Å²) < 4.78 is 0. The SMILES string of the molecule is CCNC(=O)[C@H]1C[C@@H](N2C=NC3C(=NCc4cccc(C)c4)NC=NC32)[C@H](O)[C@@H]1O. The van der Waals surface area contributed by atoms with Gasteiger partial charge in [-0.1, -0.05) is 29.8 Å². The molecule has 0 aromatic heterocycles. The van der Waals surface area contributed by atoms with E-state index in [4.69, 9.17) is 4.99 Å². The lowest BCUT2D eigenvalue weighted by atomic mass is 10.0. The van der Waals surface area contributed by atoms with Crippen LogP contribution in [0.2, 0.25) is 0 Å².